The van der Waals surface area contributed by atoms with Gasteiger partial charge in [-0.05, 0) is 73.0 Å². The molecular formula is C33H33BrClN3O4S. The summed E-state index contributed by atoms with van der Waals surface area (Å²) in [5.74, 6) is -0.837. The molecule has 0 spiro atoms. The molecule has 2 amide bonds. The molecule has 0 saturated heterocycles. The first-order valence-electron chi connectivity index (χ1n) is 13.8. The number of anilines is 1. The van der Waals surface area contributed by atoms with E-state index in [4.69, 9.17) is 11.6 Å². The number of aryl methyl sites for hydroxylation is 1. The molecule has 0 aliphatic rings. The van der Waals surface area contributed by atoms with E-state index in [1.54, 1.807) is 31.2 Å². The molecule has 0 bridgehead atoms. The zero-order chi connectivity index (χ0) is 31.0. The summed E-state index contributed by atoms with van der Waals surface area (Å²) < 4.78 is 30.1. The molecule has 10 heteroatoms. The SMILES string of the molecule is CCNC(=O)[C@H](Cc1ccccc1)N(Cc1ccc(Br)cc1)C(=O)CN(c1ccccc1C)S(=O)(=O)c1ccc(Cl)cc1. The van der Waals surface area contributed by atoms with Crippen LogP contribution < -0.4 is 9.62 Å². The Morgan fingerprint density at radius 2 is 1.49 bits per heavy atom. The average molecular weight is 683 g/mol. The standard InChI is InChI=1S/C33H33BrClN3O4S/c1-3-36-33(40)31(21-25-10-5-4-6-11-25)37(22-26-13-15-27(34)16-14-26)32(39)23-38(30-12-8-7-9-24(30)2)43(41,42)29-19-17-28(35)18-20-29/h4-20,31H,3,21-23H2,1-2H3,(H,36,40)/t31-/m0/s1. The van der Waals surface area contributed by atoms with Crippen LogP contribution in [0.15, 0.2) is 112 Å². The van der Waals surface area contributed by atoms with Gasteiger partial charge in [-0.3, -0.25) is 13.9 Å². The lowest BCUT2D eigenvalue weighted by atomic mass is 10.0. The van der Waals surface area contributed by atoms with Crippen LogP contribution in [0.1, 0.15) is 23.6 Å². The predicted octanol–water partition coefficient (Wildman–Crippen LogP) is 6.38. The van der Waals surface area contributed by atoms with Gasteiger partial charge in [0.25, 0.3) is 10.0 Å². The molecule has 0 unspecified atom stereocenters. The molecule has 0 aromatic heterocycles. The lowest BCUT2D eigenvalue weighted by molar-refractivity contribution is -0.140. The van der Waals surface area contributed by atoms with E-state index in [2.05, 4.69) is 21.2 Å². The van der Waals surface area contributed by atoms with E-state index in [1.807, 2.05) is 61.5 Å². The predicted molar refractivity (Wildman–Crippen MR) is 174 cm³/mol. The van der Waals surface area contributed by atoms with Gasteiger partial charge < -0.3 is 10.2 Å². The molecule has 0 fully saturated rings. The van der Waals surface area contributed by atoms with Gasteiger partial charge in [-0.1, -0.05) is 88.2 Å². The highest BCUT2D eigenvalue weighted by molar-refractivity contribution is 9.10. The fourth-order valence-corrected chi connectivity index (χ4v) is 6.59. The Labute approximate surface area is 266 Å². The Morgan fingerprint density at radius 1 is 0.860 bits per heavy atom. The van der Waals surface area contributed by atoms with E-state index in [9.17, 15) is 18.0 Å². The molecule has 43 heavy (non-hydrogen) atoms. The van der Waals surface area contributed by atoms with Crippen molar-refractivity contribution < 1.29 is 18.0 Å². The number of likely N-dealkylation sites (N-methyl/N-ethyl adjacent to an activating group) is 1. The summed E-state index contributed by atoms with van der Waals surface area (Å²) >= 11 is 9.49. The van der Waals surface area contributed by atoms with Crippen LogP contribution >= 0.6 is 27.5 Å². The van der Waals surface area contributed by atoms with Crippen LogP contribution in [0.2, 0.25) is 5.02 Å². The molecule has 4 aromatic carbocycles. The van der Waals surface area contributed by atoms with Crippen molar-refractivity contribution in [3.63, 3.8) is 0 Å². The number of halogens is 2. The Bertz CT molecular complexity index is 1650. The van der Waals surface area contributed by atoms with Gasteiger partial charge in [-0.25, -0.2) is 8.42 Å². The van der Waals surface area contributed by atoms with Gasteiger partial charge >= 0.3 is 0 Å². The number of hydrogen-bond acceptors (Lipinski definition) is 4. The minimum Gasteiger partial charge on any atom is -0.355 e. The van der Waals surface area contributed by atoms with Crippen LogP contribution in [0.25, 0.3) is 0 Å². The summed E-state index contributed by atoms with van der Waals surface area (Å²) in [5, 5.41) is 3.26. The van der Waals surface area contributed by atoms with Crippen molar-refractivity contribution in [2.24, 2.45) is 0 Å². The monoisotopic (exact) mass is 681 g/mol. The second kappa shape index (κ2) is 14.7. The number of amides is 2. The molecule has 0 aliphatic heterocycles. The normalized spacial score (nSPS) is 11.9. The van der Waals surface area contributed by atoms with Gasteiger partial charge in [-0.15, -0.1) is 0 Å². The maximum atomic E-state index is 14.4. The molecule has 0 saturated carbocycles. The maximum Gasteiger partial charge on any atom is 0.264 e. The zero-order valence-electron chi connectivity index (χ0n) is 23.9. The van der Waals surface area contributed by atoms with Gasteiger partial charge in [0.15, 0.2) is 0 Å². The van der Waals surface area contributed by atoms with Gasteiger partial charge in [-0.2, -0.15) is 0 Å². The first-order valence-corrected chi connectivity index (χ1v) is 16.4. The summed E-state index contributed by atoms with van der Waals surface area (Å²) in [4.78, 5) is 29.4. The first kappa shape index (κ1) is 32.3. The maximum absolute atomic E-state index is 14.4. The second-order valence-corrected chi connectivity index (χ2v) is 13.2. The number of rotatable bonds is 12. The highest BCUT2D eigenvalue weighted by Gasteiger charge is 2.34. The fraction of sp³-hybridized carbons (Fsp3) is 0.212. The summed E-state index contributed by atoms with van der Waals surface area (Å²) in [7, 11) is -4.20. The first-order chi connectivity index (χ1) is 20.6. The minimum absolute atomic E-state index is 0.00280. The van der Waals surface area contributed by atoms with Crippen LogP contribution in [-0.2, 0) is 32.6 Å². The molecule has 4 rings (SSSR count). The smallest absolute Gasteiger partial charge is 0.264 e. The summed E-state index contributed by atoms with van der Waals surface area (Å²) in [6, 6.07) is 28.8. The number of carbonyl (C=O) groups excluding carboxylic acids is 2. The third-order valence-corrected chi connectivity index (χ3v) is 9.51. The minimum atomic E-state index is -4.20. The number of nitrogens with zero attached hydrogens (tertiary/aromatic N) is 2. The van der Waals surface area contributed by atoms with Crippen molar-refractivity contribution in [3.8, 4) is 0 Å². The van der Waals surface area contributed by atoms with Gasteiger partial charge in [0.2, 0.25) is 11.8 Å². The van der Waals surface area contributed by atoms with Crippen molar-refractivity contribution in [2.75, 3.05) is 17.4 Å². The van der Waals surface area contributed by atoms with E-state index in [1.165, 1.54) is 29.2 Å². The fourth-order valence-electron chi connectivity index (χ4n) is 4.72. The highest BCUT2D eigenvalue weighted by Crippen LogP contribution is 2.28. The number of nitrogens with one attached hydrogen (secondary N) is 1. The van der Waals surface area contributed by atoms with Crippen LogP contribution in [-0.4, -0.2) is 44.3 Å². The molecule has 7 nitrogen and oxygen atoms in total. The van der Waals surface area contributed by atoms with Crippen molar-refractivity contribution in [1.82, 2.24) is 10.2 Å². The quantitative estimate of drug-likeness (QED) is 0.188. The van der Waals surface area contributed by atoms with Gasteiger partial charge in [0, 0.05) is 29.0 Å². The second-order valence-electron chi connectivity index (χ2n) is 10.0. The van der Waals surface area contributed by atoms with Gasteiger partial charge in [0.1, 0.15) is 12.6 Å². The summed E-state index contributed by atoms with van der Waals surface area (Å²) in [5.41, 5.74) is 2.71. The topological polar surface area (TPSA) is 86.8 Å². The molecule has 1 atom stereocenters. The Kier molecular flexibility index (Phi) is 11.0. The molecular weight excluding hydrogens is 650 g/mol. The molecule has 0 heterocycles. The number of benzene rings is 4. The average Bonchev–Trinajstić information content (AvgIpc) is 3.00. The number of sulfonamides is 1. The van der Waals surface area contributed by atoms with Crippen molar-refractivity contribution >= 4 is 55.1 Å². The number of hydrogen-bond donors (Lipinski definition) is 1. The van der Waals surface area contributed by atoms with Crippen molar-refractivity contribution in [3.05, 3.63) is 129 Å². The van der Waals surface area contributed by atoms with Crippen LogP contribution in [0, 0.1) is 6.92 Å². The van der Waals surface area contributed by atoms with Crippen molar-refractivity contribution in [1.29, 1.82) is 0 Å². The third kappa shape index (κ3) is 8.25. The van der Waals surface area contributed by atoms with E-state index in [0.717, 1.165) is 19.9 Å². The molecule has 4 aromatic rings. The summed E-state index contributed by atoms with van der Waals surface area (Å²) in [6.07, 6.45) is 0.253. The van der Waals surface area contributed by atoms with E-state index < -0.39 is 28.5 Å². The van der Waals surface area contributed by atoms with Crippen LogP contribution in [0.4, 0.5) is 5.69 Å². The molecule has 0 aliphatic carbocycles. The zero-order valence-corrected chi connectivity index (χ0v) is 27.1. The molecule has 0 radical (unpaired) electrons. The largest absolute Gasteiger partial charge is 0.355 e. The van der Waals surface area contributed by atoms with E-state index in [-0.39, 0.29) is 23.8 Å². The van der Waals surface area contributed by atoms with E-state index >= 15 is 0 Å². The lowest BCUT2D eigenvalue weighted by Gasteiger charge is -2.34. The number of para-hydroxylation sites is 1. The summed E-state index contributed by atoms with van der Waals surface area (Å²) in [6.45, 7) is 3.57. The molecule has 1 N–H and O–H groups in total. The Hall–Kier alpha value is -3.66. The Balaban J connectivity index is 1.80. The van der Waals surface area contributed by atoms with Crippen LogP contribution in [0.3, 0.4) is 0 Å². The molecule has 224 valence electrons. The lowest BCUT2D eigenvalue weighted by Crippen LogP contribution is -2.53. The third-order valence-electron chi connectivity index (χ3n) is 6.95. The number of carbonyl (C=O) groups is 2. The van der Waals surface area contributed by atoms with Crippen LogP contribution in [0.5, 0.6) is 0 Å². The highest BCUT2D eigenvalue weighted by atomic mass is 79.9. The van der Waals surface area contributed by atoms with Crippen molar-refractivity contribution in [2.45, 2.75) is 37.8 Å². The van der Waals surface area contributed by atoms with Gasteiger partial charge in [0.05, 0.1) is 10.6 Å². The Morgan fingerprint density at radius 3 is 2.12 bits per heavy atom. The van der Waals surface area contributed by atoms with E-state index in [0.29, 0.717) is 22.8 Å².